The molecule has 2 aliphatic rings. The van der Waals surface area contributed by atoms with Gasteiger partial charge in [0.2, 0.25) is 0 Å². The van der Waals surface area contributed by atoms with Gasteiger partial charge in [0.25, 0.3) is 0 Å². The Labute approximate surface area is 165 Å². The van der Waals surface area contributed by atoms with Crippen LogP contribution in [0, 0.1) is 0 Å². The SMILES string of the molecule is CCNN=Cc1ccc(C2CC(CN3CCC(OCC(=O)O)CC3)ON2)cc1. The van der Waals surface area contributed by atoms with E-state index in [1.165, 1.54) is 5.56 Å². The maximum Gasteiger partial charge on any atom is 0.329 e. The Morgan fingerprint density at radius 3 is 2.82 bits per heavy atom. The molecule has 1 aromatic rings. The number of aliphatic carboxylic acids is 1. The fraction of sp³-hybridized carbons (Fsp3) is 0.600. The van der Waals surface area contributed by atoms with Crippen molar-refractivity contribution in [1.29, 1.82) is 0 Å². The number of likely N-dealkylation sites (tertiary alicyclic amines) is 1. The van der Waals surface area contributed by atoms with Crippen molar-refractivity contribution >= 4 is 12.2 Å². The van der Waals surface area contributed by atoms with Gasteiger partial charge in [-0.15, -0.1) is 0 Å². The average molecular weight is 390 g/mol. The second-order valence-corrected chi connectivity index (χ2v) is 7.29. The monoisotopic (exact) mass is 390 g/mol. The van der Waals surface area contributed by atoms with Crippen molar-refractivity contribution in [2.75, 3.05) is 32.8 Å². The zero-order valence-corrected chi connectivity index (χ0v) is 16.3. The van der Waals surface area contributed by atoms with Crippen LogP contribution in [0.2, 0.25) is 0 Å². The van der Waals surface area contributed by atoms with Crippen molar-refractivity contribution in [2.45, 2.75) is 44.4 Å². The zero-order chi connectivity index (χ0) is 19.8. The number of benzene rings is 1. The molecule has 2 aliphatic heterocycles. The number of nitrogens with one attached hydrogen (secondary N) is 2. The summed E-state index contributed by atoms with van der Waals surface area (Å²) in [6, 6.07) is 8.55. The topological polar surface area (TPSA) is 95.4 Å². The second-order valence-electron chi connectivity index (χ2n) is 7.29. The summed E-state index contributed by atoms with van der Waals surface area (Å²) >= 11 is 0. The summed E-state index contributed by atoms with van der Waals surface area (Å²) in [5.41, 5.74) is 8.36. The van der Waals surface area contributed by atoms with Crippen LogP contribution in [0.3, 0.4) is 0 Å². The van der Waals surface area contributed by atoms with E-state index in [9.17, 15) is 4.79 Å². The Balaban J connectivity index is 1.40. The predicted octanol–water partition coefficient (Wildman–Crippen LogP) is 1.53. The van der Waals surface area contributed by atoms with Crippen LogP contribution in [0.4, 0.5) is 0 Å². The third kappa shape index (κ3) is 6.27. The molecule has 2 fully saturated rings. The molecule has 3 N–H and O–H groups in total. The van der Waals surface area contributed by atoms with E-state index in [4.69, 9.17) is 14.7 Å². The Hall–Kier alpha value is -2.00. The minimum Gasteiger partial charge on any atom is -0.480 e. The lowest BCUT2D eigenvalue weighted by Gasteiger charge is -2.32. The number of rotatable bonds is 9. The van der Waals surface area contributed by atoms with E-state index in [2.05, 4.69) is 45.2 Å². The number of hydrazone groups is 1. The van der Waals surface area contributed by atoms with E-state index in [-0.39, 0.29) is 24.9 Å². The number of hydrogen-bond acceptors (Lipinski definition) is 7. The van der Waals surface area contributed by atoms with Gasteiger partial charge in [-0.3, -0.25) is 4.84 Å². The first-order valence-corrected chi connectivity index (χ1v) is 9.97. The van der Waals surface area contributed by atoms with E-state index in [0.717, 1.165) is 51.0 Å². The van der Waals surface area contributed by atoms with Gasteiger partial charge < -0.3 is 20.2 Å². The van der Waals surface area contributed by atoms with Crippen LogP contribution in [0.25, 0.3) is 0 Å². The number of piperidine rings is 1. The molecule has 8 heteroatoms. The van der Waals surface area contributed by atoms with Gasteiger partial charge in [-0.25, -0.2) is 4.79 Å². The fourth-order valence-electron chi connectivity index (χ4n) is 3.61. The van der Waals surface area contributed by atoms with E-state index < -0.39 is 5.97 Å². The first-order chi connectivity index (χ1) is 13.6. The number of nitrogens with zero attached hydrogens (tertiary/aromatic N) is 2. The van der Waals surface area contributed by atoms with Gasteiger partial charge >= 0.3 is 5.97 Å². The van der Waals surface area contributed by atoms with Gasteiger partial charge in [-0.2, -0.15) is 10.6 Å². The molecule has 0 bridgehead atoms. The Bertz CT molecular complexity index is 644. The normalized spacial score (nSPS) is 24.0. The number of hydroxylamine groups is 1. The van der Waals surface area contributed by atoms with E-state index in [0.29, 0.717) is 0 Å². The standard InChI is InChI=1S/C20H30N4O4/c1-2-21-22-12-15-3-5-16(6-4-15)19-11-18(28-23-19)13-24-9-7-17(8-10-24)27-14-20(25)26/h3-6,12,17-19,21,23H,2,7-11,13-14H2,1H3,(H,25,26). The lowest BCUT2D eigenvalue weighted by Crippen LogP contribution is -2.41. The molecule has 2 saturated heterocycles. The molecule has 0 saturated carbocycles. The van der Waals surface area contributed by atoms with Gasteiger partial charge in [0.05, 0.1) is 24.5 Å². The average Bonchev–Trinajstić information content (AvgIpc) is 3.16. The highest BCUT2D eigenvalue weighted by Crippen LogP contribution is 2.26. The molecule has 0 spiro atoms. The van der Waals surface area contributed by atoms with Crippen LogP contribution in [0.5, 0.6) is 0 Å². The molecule has 28 heavy (non-hydrogen) atoms. The maximum atomic E-state index is 10.6. The Kier molecular flexibility index (Phi) is 7.79. The minimum atomic E-state index is -0.906. The molecular formula is C20H30N4O4. The van der Waals surface area contributed by atoms with Crippen LogP contribution in [0.15, 0.2) is 29.4 Å². The van der Waals surface area contributed by atoms with E-state index >= 15 is 0 Å². The molecule has 8 nitrogen and oxygen atoms in total. The summed E-state index contributed by atoms with van der Waals surface area (Å²) in [5.74, 6) is -0.906. The van der Waals surface area contributed by atoms with E-state index in [1.54, 1.807) is 0 Å². The number of carboxylic acid groups (broad SMARTS) is 1. The van der Waals surface area contributed by atoms with Gasteiger partial charge in [-0.05, 0) is 37.3 Å². The van der Waals surface area contributed by atoms with Crippen molar-refractivity contribution in [2.24, 2.45) is 5.10 Å². The fourth-order valence-corrected chi connectivity index (χ4v) is 3.61. The molecule has 154 valence electrons. The van der Waals surface area contributed by atoms with Crippen LogP contribution in [-0.2, 0) is 14.4 Å². The summed E-state index contributed by atoms with van der Waals surface area (Å²) in [4.78, 5) is 18.8. The number of hydrogen-bond donors (Lipinski definition) is 3. The quantitative estimate of drug-likeness (QED) is 0.435. The molecule has 0 aromatic heterocycles. The molecule has 0 radical (unpaired) electrons. The highest BCUT2D eigenvalue weighted by molar-refractivity contribution is 5.79. The molecule has 2 atom stereocenters. The first kappa shape index (κ1) is 20.7. The molecule has 0 aliphatic carbocycles. The summed E-state index contributed by atoms with van der Waals surface area (Å²) < 4.78 is 5.40. The summed E-state index contributed by atoms with van der Waals surface area (Å²) in [6.07, 6.45) is 4.69. The minimum absolute atomic E-state index is 0.0531. The number of ether oxygens (including phenoxy) is 1. The molecule has 2 heterocycles. The maximum absolute atomic E-state index is 10.6. The zero-order valence-electron chi connectivity index (χ0n) is 16.3. The lowest BCUT2D eigenvalue weighted by atomic mass is 10.0. The molecule has 0 amide bonds. The number of carboxylic acids is 1. The second kappa shape index (κ2) is 10.5. The van der Waals surface area contributed by atoms with Crippen LogP contribution >= 0.6 is 0 Å². The first-order valence-electron chi connectivity index (χ1n) is 9.97. The summed E-state index contributed by atoms with van der Waals surface area (Å²) in [5, 5.41) is 12.8. The van der Waals surface area contributed by atoms with Gasteiger partial charge in [-0.1, -0.05) is 24.3 Å². The van der Waals surface area contributed by atoms with Gasteiger partial charge in [0.1, 0.15) is 6.61 Å². The Morgan fingerprint density at radius 1 is 1.39 bits per heavy atom. The van der Waals surface area contributed by atoms with E-state index in [1.807, 2.05) is 13.1 Å². The smallest absolute Gasteiger partial charge is 0.329 e. The molecule has 3 rings (SSSR count). The number of carbonyl (C=O) groups is 1. The van der Waals surface area contributed by atoms with Crippen molar-refractivity contribution in [3.05, 3.63) is 35.4 Å². The molecule has 1 aromatic carbocycles. The molecule has 2 unspecified atom stereocenters. The Morgan fingerprint density at radius 2 is 2.14 bits per heavy atom. The largest absolute Gasteiger partial charge is 0.480 e. The third-order valence-corrected chi connectivity index (χ3v) is 5.12. The third-order valence-electron chi connectivity index (χ3n) is 5.12. The van der Waals surface area contributed by atoms with Gasteiger partial charge in [0.15, 0.2) is 0 Å². The summed E-state index contributed by atoms with van der Waals surface area (Å²) in [7, 11) is 0. The van der Waals surface area contributed by atoms with Crippen molar-refractivity contribution < 1.29 is 19.5 Å². The van der Waals surface area contributed by atoms with Crippen LogP contribution < -0.4 is 10.9 Å². The highest BCUT2D eigenvalue weighted by Gasteiger charge is 2.30. The summed E-state index contributed by atoms with van der Waals surface area (Å²) in [6.45, 7) is 5.32. The van der Waals surface area contributed by atoms with Gasteiger partial charge in [0, 0.05) is 26.2 Å². The van der Waals surface area contributed by atoms with Crippen LogP contribution in [0.1, 0.15) is 43.4 Å². The highest BCUT2D eigenvalue weighted by atomic mass is 16.7. The molecular weight excluding hydrogens is 360 g/mol. The predicted molar refractivity (Wildman–Crippen MR) is 106 cm³/mol. The van der Waals surface area contributed by atoms with Crippen LogP contribution in [-0.4, -0.2) is 67.2 Å². The van der Waals surface area contributed by atoms with Crippen molar-refractivity contribution in [3.63, 3.8) is 0 Å². The lowest BCUT2D eigenvalue weighted by molar-refractivity contribution is -0.145. The van der Waals surface area contributed by atoms with Crippen molar-refractivity contribution in [1.82, 2.24) is 15.8 Å². The van der Waals surface area contributed by atoms with Crippen molar-refractivity contribution in [3.8, 4) is 0 Å².